The first-order valence-electron chi connectivity index (χ1n) is 3.32. The van der Waals surface area contributed by atoms with Gasteiger partial charge in [-0.1, -0.05) is 11.8 Å². The van der Waals surface area contributed by atoms with Gasteiger partial charge in [0, 0.05) is 11.8 Å². The van der Waals surface area contributed by atoms with Gasteiger partial charge in [0.05, 0.1) is 0 Å². The molecule has 3 nitrogen and oxygen atoms in total. The van der Waals surface area contributed by atoms with Crippen molar-refractivity contribution in [1.82, 2.24) is 4.98 Å². The first-order valence-corrected chi connectivity index (χ1v) is 3.32. The van der Waals surface area contributed by atoms with Crippen molar-refractivity contribution in [2.45, 2.75) is 0 Å². The van der Waals surface area contributed by atoms with Gasteiger partial charge >= 0.3 is 0 Å². The maximum atomic E-state index is 8.48. The summed E-state index contributed by atoms with van der Waals surface area (Å²) in [6.45, 7) is -0.176. The summed E-state index contributed by atoms with van der Waals surface area (Å²) in [6.07, 6.45) is 1.51. The first-order chi connectivity index (χ1) is 5.86. The summed E-state index contributed by atoms with van der Waals surface area (Å²) in [5, 5.41) is 16.9. The highest BCUT2D eigenvalue weighted by Gasteiger charge is 1.90. The van der Waals surface area contributed by atoms with Gasteiger partial charge < -0.3 is 5.11 Å². The fraction of sp³-hybridized carbons (Fsp3) is 0.111. The van der Waals surface area contributed by atoms with E-state index in [0.29, 0.717) is 11.3 Å². The standard InChI is InChI=1S/C9H6N2O/c10-7-9-6-8(2-1-5-12)3-4-11-9/h3-4,6,12H,5H2. The van der Waals surface area contributed by atoms with Gasteiger partial charge in [0.1, 0.15) is 18.4 Å². The van der Waals surface area contributed by atoms with Crippen molar-refractivity contribution in [3.05, 3.63) is 29.6 Å². The van der Waals surface area contributed by atoms with Crippen LogP contribution in [0.25, 0.3) is 0 Å². The second kappa shape index (κ2) is 4.12. The molecule has 0 bridgehead atoms. The lowest BCUT2D eigenvalue weighted by molar-refractivity contribution is 0.350. The normalized spacial score (nSPS) is 8.00. The van der Waals surface area contributed by atoms with Crippen molar-refractivity contribution < 1.29 is 5.11 Å². The number of rotatable bonds is 0. The molecular weight excluding hydrogens is 152 g/mol. The summed E-state index contributed by atoms with van der Waals surface area (Å²) in [6, 6.07) is 5.16. The number of aromatic nitrogens is 1. The monoisotopic (exact) mass is 158 g/mol. The predicted octanol–water partition coefficient (Wildman–Crippen LogP) is 0.297. The summed E-state index contributed by atoms with van der Waals surface area (Å²) < 4.78 is 0. The molecule has 0 spiro atoms. The van der Waals surface area contributed by atoms with Crippen LogP contribution in [0.15, 0.2) is 18.3 Å². The average molecular weight is 158 g/mol. The van der Waals surface area contributed by atoms with Crippen molar-refractivity contribution in [2.24, 2.45) is 0 Å². The lowest BCUT2D eigenvalue weighted by Crippen LogP contribution is -1.83. The predicted molar refractivity (Wildman–Crippen MR) is 42.9 cm³/mol. The van der Waals surface area contributed by atoms with Crippen LogP contribution in [0.3, 0.4) is 0 Å². The van der Waals surface area contributed by atoms with Crippen LogP contribution in [0.5, 0.6) is 0 Å². The molecule has 0 radical (unpaired) electrons. The molecule has 1 aromatic heterocycles. The van der Waals surface area contributed by atoms with E-state index in [2.05, 4.69) is 16.8 Å². The van der Waals surface area contributed by atoms with Crippen molar-refractivity contribution >= 4 is 0 Å². The number of nitriles is 1. The van der Waals surface area contributed by atoms with E-state index in [-0.39, 0.29) is 6.61 Å². The Hall–Kier alpha value is -1.84. The van der Waals surface area contributed by atoms with Gasteiger partial charge in [-0.25, -0.2) is 4.98 Å². The molecule has 0 atom stereocenters. The quantitative estimate of drug-likeness (QED) is 0.552. The van der Waals surface area contributed by atoms with Gasteiger partial charge in [0.2, 0.25) is 0 Å². The summed E-state index contributed by atoms with van der Waals surface area (Å²) in [5.74, 6) is 5.16. The van der Waals surface area contributed by atoms with Crippen molar-refractivity contribution in [3.63, 3.8) is 0 Å². The summed E-state index contributed by atoms with van der Waals surface area (Å²) in [7, 11) is 0. The number of hydrogen-bond donors (Lipinski definition) is 1. The first kappa shape index (κ1) is 8.26. The minimum absolute atomic E-state index is 0.176. The van der Waals surface area contributed by atoms with Crippen LogP contribution in [-0.2, 0) is 0 Å². The third-order valence-corrected chi connectivity index (χ3v) is 1.19. The average Bonchev–Trinajstić information content (AvgIpc) is 2.15. The zero-order valence-electron chi connectivity index (χ0n) is 6.28. The van der Waals surface area contributed by atoms with Crippen LogP contribution in [-0.4, -0.2) is 16.7 Å². The molecule has 0 aliphatic carbocycles. The SMILES string of the molecule is N#Cc1cc(C#CCO)ccn1. The fourth-order valence-electron chi connectivity index (χ4n) is 0.711. The van der Waals surface area contributed by atoms with E-state index in [1.807, 2.05) is 6.07 Å². The zero-order valence-corrected chi connectivity index (χ0v) is 6.28. The van der Waals surface area contributed by atoms with Crippen LogP contribution in [0, 0.1) is 23.2 Å². The lowest BCUT2D eigenvalue weighted by Gasteiger charge is -1.88. The van der Waals surface area contributed by atoms with Gasteiger partial charge in [0.15, 0.2) is 0 Å². The molecule has 12 heavy (non-hydrogen) atoms. The number of hydrogen-bond acceptors (Lipinski definition) is 3. The Morgan fingerprint density at radius 1 is 1.58 bits per heavy atom. The summed E-state index contributed by atoms with van der Waals surface area (Å²) in [5.41, 5.74) is 1.02. The Balaban J connectivity index is 2.96. The Morgan fingerprint density at radius 3 is 3.08 bits per heavy atom. The van der Waals surface area contributed by atoms with Crippen molar-refractivity contribution in [2.75, 3.05) is 6.61 Å². The number of nitrogens with zero attached hydrogens (tertiary/aromatic N) is 2. The number of aliphatic hydroxyl groups is 1. The Morgan fingerprint density at radius 2 is 2.42 bits per heavy atom. The van der Waals surface area contributed by atoms with E-state index < -0.39 is 0 Å². The largest absolute Gasteiger partial charge is 0.384 e. The molecule has 0 aliphatic rings. The molecule has 0 saturated heterocycles. The third kappa shape index (κ3) is 2.09. The van der Waals surface area contributed by atoms with Crippen molar-refractivity contribution in [3.8, 4) is 17.9 Å². The molecule has 0 amide bonds. The second-order valence-corrected chi connectivity index (χ2v) is 2.00. The molecule has 0 unspecified atom stereocenters. The highest BCUT2D eigenvalue weighted by atomic mass is 16.2. The van der Waals surface area contributed by atoms with Crippen LogP contribution in [0.2, 0.25) is 0 Å². The zero-order chi connectivity index (χ0) is 8.81. The lowest BCUT2D eigenvalue weighted by atomic mass is 10.2. The molecule has 3 heteroatoms. The van der Waals surface area contributed by atoms with Crippen LogP contribution in [0.1, 0.15) is 11.3 Å². The molecular formula is C9H6N2O. The van der Waals surface area contributed by atoms with Gasteiger partial charge in [0.25, 0.3) is 0 Å². The topological polar surface area (TPSA) is 56.9 Å². The Bertz CT molecular complexity index is 368. The van der Waals surface area contributed by atoms with Gasteiger partial charge in [-0.3, -0.25) is 0 Å². The molecule has 58 valence electrons. The Kier molecular flexibility index (Phi) is 2.84. The molecule has 0 aliphatic heterocycles. The molecule has 1 aromatic rings. The second-order valence-electron chi connectivity index (χ2n) is 2.00. The Labute approximate surface area is 70.3 Å². The van der Waals surface area contributed by atoms with Gasteiger partial charge in [-0.2, -0.15) is 5.26 Å². The molecule has 1 rings (SSSR count). The molecule has 0 saturated carbocycles. The molecule has 1 heterocycles. The van der Waals surface area contributed by atoms with Gasteiger partial charge in [-0.05, 0) is 12.1 Å². The van der Waals surface area contributed by atoms with E-state index >= 15 is 0 Å². The smallest absolute Gasteiger partial charge is 0.141 e. The van der Waals surface area contributed by atoms with Crippen LogP contribution < -0.4 is 0 Å². The van der Waals surface area contributed by atoms with E-state index in [1.165, 1.54) is 6.20 Å². The summed E-state index contributed by atoms with van der Waals surface area (Å²) in [4.78, 5) is 3.77. The maximum Gasteiger partial charge on any atom is 0.141 e. The van der Waals surface area contributed by atoms with Crippen LogP contribution >= 0.6 is 0 Å². The minimum Gasteiger partial charge on any atom is -0.384 e. The van der Waals surface area contributed by atoms with Crippen LogP contribution in [0.4, 0.5) is 0 Å². The molecule has 0 fully saturated rings. The summed E-state index contributed by atoms with van der Waals surface area (Å²) >= 11 is 0. The maximum absolute atomic E-state index is 8.48. The van der Waals surface area contributed by atoms with Crippen molar-refractivity contribution in [1.29, 1.82) is 5.26 Å². The highest BCUT2D eigenvalue weighted by Crippen LogP contribution is 1.97. The number of pyridine rings is 1. The highest BCUT2D eigenvalue weighted by molar-refractivity contribution is 5.37. The van der Waals surface area contributed by atoms with Gasteiger partial charge in [-0.15, -0.1) is 0 Å². The van der Waals surface area contributed by atoms with E-state index in [4.69, 9.17) is 10.4 Å². The number of aliphatic hydroxyl groups excluding tert-OH is 1. The van der Waals surface area contributed by atoms with E-state index in [1.54, 1.807) is 12.1 Å². The van der Waals surface area contributed by atoms with E-state index in [9.17, 15) is 0 Å². The molecule has 1 N–H and O–H groups in total. The minimum atomic E-state index is -0.176. The third-order valence-electron chi connectivity index (χ3n) is 1.19. The van der Waals surface area contributed by atoms with E-state index in [0.717, 1.165) is 0 Å². The fourth-order valence-corrected chi connectivity index (χ4v) is 0.711. The molecule has 0 aromatic carbocycles.